The number of carbonyl (C=O) groups excluding carboxylic acids is 1. The molecule has 2 heterocycles. The Balaban J connectivity index is 2.18. The minimum atomic E-state index is -0.546. The molecule has 0 aromatic carbocycles. The number of nitrogens with one attached hydrogen (secondary N) is 1. The van der Waals surface area contributed by atoms with Crippen LogP contribution in [-0.2, 0) is 11.8 Å². The maximum absolute atomic E-state index is 11.7. The highest BCUT2D eigenvalue weighted by Crippen LogP contribution is 2.24. The number of halogens is 1. The lowest BCUT2D eigenvalue weighted by Gasteiger charge is -2.18. The van der Waals surface area contributed by atoms with Gasteiger partial charge in [-0.05, 0) is 42.8 Å². The Morgan fingerprint density at radius 3 is 2.67 bits per heavy atom. The van der Waals surface area contributed by atoms with E-state index in [0.29, 0.717) is 5.82 Å². The van der Waals surface area contributed by atoms with Crippen molar-refractivity contribution in [2.45, 2.75) is 26.4 Å². The van der Waals surface area contributed by atoms with Gasteiger partial charge in [-0.15, -0.1) is 0 Å². The molecule has 0 bridgehead atoms. The van der Waals surface area contributed by atoms with E-state index in [4.69, 9.17) is 4.74 Å². The summed E-state index contributed by atoms with van der Waals surface area (Å²) in [6.45, 7) is 5.43. The molecule has 2 rings (SSSR count). The Labute approximate surface area is 131 Å². The lowest BCUT2D eigenvalue weighted by Crippen LogP contribution is -2.27. The first-order valence-electron chi connectivity index (χ1n) is 6.39. The van der Waals surface area contributed by atoms with Crippen molar-refractivity contribution in [3.8, 4) is 11.3 Å². The summed E-state index contributed by atoms with van der Waals surface area (Å²) in [4.78, 5) is 15.9. The normalized spacial score (nSPS) is 11.3. The Hall–Kier alpha value is -1.89. The smallest absolute Gasteiger partial charge is 0.413 e. The Morgan fingerprint density at radius 1 is 1.33 bits per heavy atom. The first-order chi connectivity index (χ1) is 9.74. The van der Waals surface area contributed by atoms with Gasteiger partial charge in [-0.1, -0.05) is 0 Å². The highest BCUT2D eigenvalue weighted by Gasteiger charge is 2.17. The highest BCUT2D eigenvalue weighted by atomic mass is 79.9. The number of rotatable bonds is 2. The molecule has 0 unspecified atom stereocenters. The van der Waals surface area contributed by atoms with Gasteiger partial charge in [0.2, 0.25) is 0 Å². The summed E-state index contributed by atoms with van der Waals surface area (Å²) in [5.74, 6) is 0.432. The number of hydrogen-bond acceptors (Lipinski definition) is 4. The monoisotopic (exact) mass is 352 g/mol. The largest absolute Gasteiger partial charge is 0.444 e. The van der Waals surface area contributed by atoms with E-state index in [1.807, 2.05) is 26.8 Å². The topological polar surface area (TPSA) is 69.0 Å². The molecule has 2 aromatic heterocycles. The van der Waals surface area contributed by atoms with Gasteiger partial charge in [-0.2, -0.15) is 5.10 Å². The lowest BCUT2D eigenvalue weighted by atomic mass is 10.2. The number of anilines is 1. The van der Waals surface area contributed by atoms with Gasteiger partial charge in [-0.3, -0.25) is 15.0 Å². The summed E-state index contributed by atoms with van der Waals surface area (Å²) in [5, 5.41) is 6.87. The molecule has 0 fully saturated rings. The molecule has 0 aliphatic heterocycles. The molecule has 7 heteroatoms. The summed E-state index contributed by atoms with van der Waals surface area (Å²) in [7, 11) is 1.80. The summed E-state index contributed by atoms with van der Waals surface area (Å²) < 4.78 is 7.75. The second-order valence-electron chi connectivity index (χ2n) is 5.56. The molecule has 6 nitrogen and oxygen atoms in total. The van der Waals surface area contributed by atoms with Crippen molar-refractivity contribution in [3.63, 3.8) is 0 Å². The maximum Gasteiger partial charge on any atom is 0.413 e. The molecule has 0 saturated carbocycles. The van der Waals surface area contributed by atoms with E-state index in [-0.39, 0.29) is 0 Å². The Kier molecular flexibility index (Phi) is 4.32. The zero-order valence-electron chi connectivity index (χ0n) is 12.3. The predicted octanol–water partition coefficient (Wildman–Crippen LogP) is 3.59. The molecule has 1 amide bonds. The molecule has 2 aromatic rings. The zero-order valence-corrected chi connectivity index (χ0v) is 13.9. The van der Waals surface area contributed by atoms with Gasteiger partial charge in [0, 0.05) is 35.5 Å². The van der Waals surface area contributed by atoms with Crippen LogP contribution in [0.4, 0.5) is 10.6 Å². The Bertz CT molecular complexity index is 661. The summed E-state index contributed by atoms with van der Waals surface area (Å²) >= 11 is 3.38. The van der Waals surface area contributed by atoms with Crippen LogP contribution in [0.5, 0.6) is 0 Å². The quantitative estimate of drug-likeness (QED) is 0.896. The average Bonchev–Trinajstić information content (AvgIpc) is 2.67. The number of aromatic nitrogens is 3. The minimum absolute atomic E-state index is 0.432. The number of aryl methyl sites for hydroxylation is 1. The Morgan fingerprint density at radius 2 is 2.05 bits per heavy atom. The van der Waals surface area contributed by atoms with Crippen molar-refractivity contribution < 1.29 is 9.53 Å². The van der Waals surface area contributed by atoms with Gasteiger partial charge in [-0.25, -0.2) is 4.79 Å². The van der Waals surface area contributed by atoms with Crippen molar-refractivity contribution in [2.24, 2.45) is 7.05 Å². The fraction of sp³-hybridized carbons (Fsp3) is 0.357. The van der Waals surface area contributed by atoms with Gasteiger partial charge in [0.1, 0.15) is 5.60 Å². The van der Waals surface area contributed by atoms with Crippen LogP contribution in [0.1, 0.15) is 20.8 Å². The molecule has 0 atom stereocenters. The van der Waals surface area contributed by atoms with Gasteiger partial charge >= 0.3 is 6.09 Å². The van der Waals surface area contributed by atoms with Crippen molar-refractivity contribution in [1.82, 2.24) is 14.8 Å². The number of ether oxygens (including phenoxy) is 1. The number of hydrogen-bond donors (Lipinski definition) is 1. The van der Waals surface area contributed by atoms with E-state index < -0.39 is 11.7 Å². The standard InChI is InChI=1S/C14H17BrN4O2/c1-14(2,3)21-13(20)17-12-6-11(19(4)18-12)9-5-10(15)8-16-7-9/h5-8H,1-4H3,(H,17,18,20). The molecular weight excluding hydrogens is 336 g/mol. The van der Waals surface area contributed by atoms with E-state index in [0.717, 1.165) is 15.7 Å². The van der Waals surface area contributed by atoms with Crippen LogP contribution in [0.25, 0.3) is 11.3 Å². The second kappa shape index (κ2) is 5.85. The number of nitrogens with zero attached hydrogens (tertiary/aromatic N) is 3. The van der Waals surface area contributed by atoms with Gasteiger partial charge in [0.25, 0.3) is 0 Å². The van der Waals surface area contributed by atoms with Crippen LogP contribution in [0, 0.1) is 0 Å². The molecule has 0 aliphatic rings. The molecule has 0 saturated heterocycles. The van der Waals surface area contributed by atoms with E-state index in [1.165, 1.54) is 0 Å². The van der Waals surface area contributed by atoms with E-state index in [9.17, 15) is 4.79 Å². The van der Waals surface area contributed by atoms with Gasteiger partial charge in [0.05, 0.1) is 5.69 Å². The summed E-state index contributed by atoms with van der Waals surface area (Å²) in [6.07, 6.45) is 2.91. The van der Waals surface area contributed by atoms with Crippen molar-refractivity contribution >= 4 is 27.8 Å². The van der Waals surface area contributed by atoms with E-state index >= 15 is 0 Å². The van der Waals surface area contributed by atoms with Crippen LogP contribution in [-0.4, -0.2) is 26.5 Å². The van der Waals surface area contributed by atoms with Crippen molar-refractivity contribution in [2.75, 3.05) is 5.32 Å². The lowest BCUT2D eigenvalue weighted by molar-refractivity contribution is 0.0635. The third-order valence-electron chi connectivity index (χ3n) is 2.51. The van der Waals surface area contributed by atoms with Crippen LogP contribution in [0.3, 0.4) is 0 Å². The zero-order chi connectivity index (χ0) is 15.6. The minimum Gasteiger partial charge on any atom is -0.444 e. The highest BCUT2D eigenvalue weighted by molar-refractivity contribution is 9.10. The number of pyridine rings is 1. The summed E-state index contributed by atoms with van der Waals surface area (Å²) in [5.41, 5.74) is 1.20. The third kappa shape index (κ3) is 4.29. The predicted molar refractivity (Wildman–Crippen MR) is 84.0 cm³/mol. The third-order valence-corrected chi connectivity index (χ3v) is 2.94. The summed E-state index contributed by atoms with van der Waals surface area (Å²) in [6, 6.07) is 3.70. The maximum atomic E-state index is 11.7. The first-order valence-corrected chi connectivity index (χ1v) is 7.19. The fourth-order valence-corrected chi connectivity index (χ4v) is 2.12. The van der Waals surface area contributed by atoms with Gasteiger partial charge < -0.3 is 4.74 Å². The van der Waals surface area contributed by atoms with Crippen molar-refractivity contribution in [1.29, 1.82) is 0 Å². The van der Waals surface area contributed by atoms with Crippen molar-refractivity contribution in [3.05, 3.63) is 29.0 Å². The molecule has 112 valence electrons. The second-order valence-corrected chi connectivity index (χ2v) is 6.47. The molecule has 21 heavy (non-hydrogen) atoms. The van der Waals surface area contributed by atoms with Crippen LogP contribution in [0.15, 0.2) is 29.0 Å². The SMILES string of the molecule is Cn1nc(NC(=O)OC(C)(C)C)cc1-c1cncc(Br)c1. The molecular formula is C14H17BrN4O2. The van der Waals surface area contributed by atoms with E-state index in [1.54, 1.807) is 30.2 Å². The average molecular weight is 353 g/mol. The molecule has 0 aliphatic carbocycles. The fourth-order valence-electron chi connectivity index (χ4n) is 1.76. The molecule has 1 N–H and O–H groups in total. The molecule has 0 radical (unpaired) electrons. The molecule has 0 spiro atoms. The van der Waals surface area contributed by atoms with Gasteiger partial charge in [0.15, 0.2) is 5.82 Å². The van der Waals surface area contributed by atoms with E-state index in [2.05, 4.69) is 31.3 Å². The van der Waals surface area contributed by atoms with Crippen LogP contribution < -0.4 is 5.32 Å². The van der Waals surface area contributed by atoms with Crippen LogP contribution >= 0.6 is 15.9 Å². The number of amides is 1. The number of carbonyl (C=O) groups is 1. The first kappa shape index (κ1) is 15.5. The van der Waals surface area contributed by atoms with Crippen LogP contribution in [0.2, 0.25) is 0 Å².